The minimum absolute atomic E-state index is 0.0596. The van der Waals surface area contributed by atoms with E-state index in [-0.39, 0.29) is 11.5 Å². The number of hydrogen-bond acceptors (Lipinski definition) is 2. The van der Waals surface area contributed by atoms with Crippen LogP contribution in [0.25, 0.3) is 0 Å². The summed E-state index contributed by atoms with van der Waals surface area (Å²) in [5.41, 5.74) is 10.6. The maximum absolute atomic E-state index is 6.13. The largest absolute Gasteiger partial charge is 0.319 e. The van der Waals surface area contributed by atoms with Crippen molar-refractivity contribution in [1.29, 1.82) is 0 Å². The summed E-state index contributed by atoms with van der Waals surface area (Å²) in [6, 6.07) is 8.30. The van der Waals surface area contributed by atoms with Crippen LogP contribution in [0.5, 0.6) is 0 Å². The number of aryl methyl sites for hydroxylation is 1. The third kappa shape index (κ3) is 2.47. The highest BCUT2D eigenvalue weighted by atomic mass is 14.9. The van der Waals surface area contributed by atoms with Crippen molar-refractivity contribution in [2.24, 2.45) is 16.1 Å². The van der Waals surface area contributed by atoms with E-state index in [9.17, 15) is 0 Å². The first-order valence-electron chi connectivity index (χ1n) is 6.01. The predicted molar refractivity (Wildman–Crippen MR) is 73.2 cm³/mol. The second kappa shape index (κ2) is 4.11. The van der Waals surface area contributed by atoms with Crippen LogP contribution < -0.4 is 5.73 Å². The fourth-order valence-corrected chi connectivity index (χ4v) is 1.89. The Kier molecular flexibility index (Phi) is 2.92. The Morgan fingerprint density at radius 3 is 2.18 bits per heavy atom. The van der Waals surface area contributed by atoms with Gasteiger partial charge in [-0.15, -0.1) is 0 Å². The number of benzene rings is 1. The lowest BCUT2D eigenvalue weighted by atomic mass is 9.92. The van der Waals surface area contributed by atoms with Crippen LogP contribution in [0.3, 0.4) is 0 Å². The van der Waals surface area contributed by atoms with Crippen LogP contribution in [0.2, 0.25) is 0 Å². The van der Waals surface area contributed by atoms with Crippen molar-refractivity contribution in [1.82, 2.24) is 0 Å². The molecule has 0 bridgehead atoms. The van der Waals surface area contributed by atoms with Crippen LogP contribution in [-0.2, 0) is 0 Å². The van der Waals surface area contributed by atoms with E-state index in [1.54, 1.807) is 0 Å². The number of aliphatic imine (C=N–C) groups is 1. The lowest BCUT2D eigenvalue weighted by Crippen LogP contribution is -2.26. The Labute approximate surface area is 103 Å². The molecule has 2 rings (SSSR count). The third-order valence-corrected chi connectivity index (χ3v) is 3.01. The standard InChI is InChI=1S/C15H20N2/c1-10-5-7-11(8-6-10)14-12(16)9-13(17-14)15(2,3)4/h5-9,12H,16H2,1-4H3. The molecule has 1 aliphatic rings. The molecule has 0 aromatic heterocycles. The molecule has 17 heavy (non-hydrogen) atoms. The van der Waals surface area contributed by atoms with Gasteiger partial charge in [-0.25, -0.2) is 0 Å². The quantitative estimate of drug-likeness (QED) is 0.788. The minimum Gasteiger partial charge on any atom is -0.319 e. The van der Waals surface area contributed by atoms with Crippen LogP contribution in [0, 0.1) is 12.3 Å². The highest BCUT2D eigenvalue weighted by Gasteiger charge is 2.25. The summed E-state index contributed by atoms with van der Waals surface area (Å²) >= 11 is 0. The predicted octanol–water partition coefficient (Wildman–Crippen LogP) is 3.06. The summed E-state index contributed by atoms with van der Waals surface area (Å²) in [6.07, 6.45) is 2.06. The second-order valence-corrected chi connectivity index (χ2v) is 5.69. The summed E-state index contributed by atoms with van der Waals surface area (Å²) in [4.78, 5) is 4.69. The average molecular weight is 228 g/mol. The van der Waals surface area contributed by atoms with Crippen LogP contribution >= 0.6 is 0 Å². The monoisotopic (exact) mass is 228 g/mol. The van der Waals surface area contributed by atoms with E-state index < -0.39 is 0 Å². The molecule has 0 fully saturated rings. The van der Waals surface area contributed by atoms with Crippen molar-refractivity contribution in [2.45, 2.75) is 33.7 Å². The summed E-state index contributed by atoms with van der Waals surface area (Å²) in [5, 5.41) is 0. The Morgan fingerprint density at radius 2 is 1.71 bits per heavy atom. The fourth-order valence-electron chi connectivity index (χ4n) is 1.89. The van der Waals surface area contributed by atoms with Gasteiger partial charge in [-0.2, -0.15) is 0 Å². The van der Waals surface area contributed by atoms with Crippen LogP contribution in [-0.4, -0.2) is 11.8 Å². The van der Waals surface area contributed by atoms with Crippen molar-refractivity contribution in [3.05, 3.63) is 47.2 Å². The van der Waals surface area contributed by atoms with Gasteiger partial charge in [0.25, 0.3) is 0 Å². The van der Waals surface area contributed by atoms with E-state index in [1.807, 2.05) is 0 Å². The molecule has 1 aliphatic heterocycles. The molecule has 0 spiro atoms. The molecule has 0 saturated carbocycles. The fraction of sp³-hybridized carbons (Fsp3) is 0.400. The van der Waals surface area contributed by atoms with Gasteiger partial charge in [-0.3, -0.25) is 4.99 Å². The SMILES string of the molecule is Cc1ccc(C2=NC(C(C)(C)C)=CC2N)cc1. The zero-order valence-electron chi connectivity index (χ0n) is 11.0. The molecular formula is C15H20N2. The van der Waals surface area contributed by atoms with Gasteiger partial charge >= 0.3 is 0 Å². The number of nitrogens with two attached hydrogens (primary N) is 1. The first-order chi connectivity index (χ1) is 7.88. The molecule has 1 aromatic carbocycles. The molecular weight excluding hydrogens is 208 g/mol. The number of rotatable bonds is 1. The van der Waals surface area contributed by atoms with Gasteiger partial charge in [0.15, 0.2) is 0 Å². The van der Waals surface area contributed by atoms with Crippen molar-refractivity contribution in [3.8, 4) is 0 Å². The number of nitrogens with zero attached hydrogens (tertiary/aromatic N) is 1. The molecule has 0 radical (unpaired) electrons. The van der Waals surface area contributed by atoms with E-state index >= 15 is 0 Å². The Balaban J connectivity index is 2.34. The van der Waals surface area contributed by atoms with E-state index in [1.165, 1.54) is 5.56 Å². The molecule has 1 unspecified atom stereocenters. The van der Waals surface area contributed by atoms with Crippen molar-refractivity contribution in [3.63, 3.8) is 0 Å². The van der Waals surface area contributed by atoms with Crippen LogP contribution in [0.4, 0.5) is 0 Å². The third-order valence-electron chi connectivity index (χ3n) is 3.01. The minimum atomic E-state index is -0.0769. The molecule has 1 atom stereocenters. The van der Waals surface area contributed by atoms with Crippen LogP contribution in [0.1, 0.15) is 31.9 Å². The van der Waals surface area contributed by atoms with Crippen LogP contribution in [0.15, 0.2) is 41.0 Å². The van der Waals surface area contributed by atoms with E-state index in [2.05, 4.69) is 58.0 Å². The van der Waals surface area contributed by atoms with E-state index in [4.69, 9.17) is 10.7 Å². The number of hydrogen-bond donors (Lipinski definition) is 1. The Morgan fingerprint density at radius 1 is 1.12 bits per heavy atom. The lowest BCUT2D eigenvalue weighted by Gasteiger charge is -2.16. The van der Waals surface area contributed by atoms with Gasteiger partial charge in [-0.1, -0.05) is 50.6 Å². The zero-order valence-corrected chi connectivity index (χ0v) is 11.0. The Bertz CT molecular complexity index is 473. The highest BCUT2D eigenvalue weighted by molar-refractivity contribution is 6.07. The van der Waals surface area contributed by atoms with E-state index in [0.717, 1.165) is 17.0 Å². The van der Waals surface area contributed by atoms with Crippen molar-refractivity contribution in [2.75, 3.05) is 0 Å². The van der Waals surface area contributed by atoms with Gasteiger partial charge in [0.05, 0.1) is 11.8 Å². The van der Waals surface area contributed by atoms with Gasteiger partial charge < -0.3 is 5.73 Å². The van der Waals surface area contributed by atoms with Crippen molar-refractivity contribution >= 4 is 5.71 Å². The van der Waals surface area contributed by atoms with E-state index in [0.29, 0.717) is 0 Å². The summed E-state index contributed by atoms with van der Waals surface area (Å²) in [6.45, 7) is 8.56. The normalized spacial score (nSPS) is 20.2. The summed E-state index contributed by atoms with van der Waals surface area (Å²) < 4.78 is 0. The molecule has 2 heteroatoms. The van der Waals surface area contributed by atoms with Gasteiger partial charge in [-0.05, 0) is 18.6 Å². The summed E-state index contributed by atoms with van der Waals surface area (Å²) in [5.74, 6) is 0. The average Bonchev–Trinajstić information content (AvgIpc) is 2.61. The number of allylic oxidation sites excluding steroid dienone is 1. The first kappa shape index (κ1) is 12.1. The smallest absolute Gasteiger partial charge is 0.0686 e. The highest BCUT2D eigenvalue weighted by Crippen LogP contribution is 2.31. The molecule has 0 saturated heterocycles. The molecule has 2 N–H and O–H groups in total. The molecule has 1 aromatic rings. The maximum atomic E-state index is 6.13. The first-order valence-corrected chi connectivity index (χ1v) is 6.01. The topological polar surface area (TPSA) is 38.4 Å². The van der Waals surface area contributed by atoms with Gasteiger partial charge in [0.1, 0.15) is 0 Å². The molecule has 90 valence electrons. The summed E-state index contributed by atoms with van der Waals surface area (Å²) in [7, 11) is 0. The molecule has 1 heterocycles. The molecule has 0 amide bonds. The van der Waals surface area contributed by atoms with Gasteiger partial charge in [0.2, 0.25) is 0 Å². The molecule has 0 aliphatic carbocycles. The Hall–Kier alpha value is -1.41. The molecule has 2 nitrogen and oxygen atoms in total. The second-order valence-electron chi connectivity index (χ2n) is 5.69. The van der Waals surface area contributed by atoms with Crippen molar-refractivity contribution < 1.29 is 0 Å². The maximum Gasteiger partial charge on any atom is 0.0686 e. The zero-order chi connectivity index (χ0) is 12.6. The van der Waals surface area contributed by atoms with Gasteiger partial charge in [0, 0.05) is 11.1 Å². The lowest BCUT2D eigenvalue weighted by molar-refractivity contribution is 0.499.